The van der Waals surface area contributed by atoms with Gasteiger partial charge in [-0.3, -0.25) is 0 Å². The van der Waals surface area contributed by atoms with Crippen molar-refractivity contribution in [3.05, 3.63) is 59.2 Å². The summed E-state index contributed by atoms with van der Waals surface area (Å²) < 4.78 is 10.8. The van der Waals surface area contributed by atoms with Gasteiger partial charge in [0.15, 0.2) is 0 Å². The lowest BCUT2D eigenvalue weighted by Gasteiger charge is -2.24. The lowest BCUT2D eigenvalue weighted by Crippen LogP contribution is -2.39. The SMILES string of the molecule is CCN(C)C(=O)N[C@H](c1ccc(OC)cc1)c1ccc2c(c1)CCO2. The van der Waals surface area contributed by atoms with Crippen molar-refractivity contribution in [2.45, 2.75) is 19.4 Å². The Morgan fingerprint density at radius 2 is 1.96 bits per heavy atom. The maximum Gasteiger partial charge on any atom is 0.317 e. The maximum atomic E-state index is 12.5. The number of hydrogen-bond acceptors (Lipinski definition) is 3. The van der Waals surface area contributed by atoms with Crippen LogP contribution in [0.15, 0.2) is 42.5 Å². The number of ether oxygens (including phenoxy) is 2. The minimum atomic E-state index is -0.224. The van der Waals surface area contributed by atoms with E-state index < -0.39 is 0 Å². The summed E-state index contributed by atoms with van der Waals surface area (Å²) in [7, 11) is 3.43. The Morgan fingerprint density at radius 1 is 1.24 bits per heavy atom. The summed E-state index contributed by atoms with van der Waals surface area (Å²) in [5.41, 5.74) is 3.25. The third-order valence-electron chi connectivity index (χ3n) is 4.58. The third kappa shape index (κ3) is 3.71. The second kappa shape index (κ2) is 7.47. The van der Waals surface area contributed by atoms with Gasteiger partial charge in [-0.05, 0) is 47.9 Å². The molecule has 0 unspecified atom stereocenters. The molecule has 0 aromatic heterocycles. The quantitative estimate of drug-likeness (QED) is 0.908. The molecule has 0 fully saturated rings. The topological polar surface area (TPSA) is 50.8 Å². The van der Waals surface area contributed by atoms with Crippen molar-refractivity contribution < 1.29 is 14.3 Å². The van der Waals surface area contributed by atoms with E-state index in [1.54, 1.807) is 19.1 Å². The molecule has 3 rings (SSSR count). The summed E-state index contributed by atoms with van der Waals surface area (Å²) in [6, 6.07) is 13.6. The normalized spacial score (nSPS) is 13.6. The molecule has 0 spiro atoms. The predicted molar refractivity (Wildman–Crippen MR) is 97.3 cm³/mol. The number of methoxy groups -OCH3 is 1. The fraction of sp³-hybridized carbons (Fsp3) is 0.350. The van der Waals surface area contributed by atoms with Crippen LogP contribution in [0.5, 0.6) is 11.5 Å². The zero-order valence-corrected chi connectivity index (χ0v) is 14.9. The highest BCUT2D eigenvalue weighted by atomic mass is 16.5. The second-order valence-electron chi connectivity index (χ2n) is 6.14. The van der Waals surface area contributed by atoms with Crippen molar-refractivity contribution in [1.29, 1.82) is 0 Å². The summed E-state index contributed by atoms with van der Waals surface area (Å²) in [5.74, 6) is 1.73. The molecule has 0 aliphatic carbocycles. The number of amides is 2. The number of nitrogens with one attached hydrogen (secondary N) is 1. The Hall–Kier alpha value is -2.69. The van der Waals surface area contributed by atoms with E-state index >= 15 is 0 Å². The van der Waals surface area contributed by atoms with E-state index in [2.05, 4.69) is 11.4 Å². The van der Waals surface area contributed by atoms with Gasteiger partial charge in [-0.15, -0.1) is 0 Å². The van der Waals surface area contributed by atoms with Crippen molar-refractivity contribution in [2.75, 3.05) is 27.3 Å². The van der Waals surface area contributed by atoms with Gasteiger partial charge in [0.25, 0.3) is 0 Å². The lowest BCUT2D eigenvalue weighted by atomic mass is 9.96. The van der Waals surface area contributed by atoms with Crippen molar-refractivity contribution in [3.8, 4) is 11.5 Å². The molecule has 0 saturated heterocycles. The third-order valence-corrected chi connectivity index (χ3v) is 4.58. The van der Waals surface area contributed by atoms with Gasteiger partial charge >= 0.3 is 6.03 Å². The van der Waals surface area contributed by atoms with E-state index in [-0.39, 0.29) is 12.1 Å². The highest BCUT2D eigenvalue weighted by molar-refractivity contribution is 5.75. The van der Waals surface area contributed by atoms with Crippen LogP contribution in [0.4, 0.5) is 4.79 Å². The van der Waals surface area contributed by atoms with Crippen LogP contribution >= 0.6 is 0 Å². The van der Waals surface area contributed by atoms with Crippen LogP contribution in [0.3, 0.4) is 0 Å². The molecule has 2 aromatic rings. The standard InChI is InChI=1S/C20H24N2O3/c1-4-22(2)20(23)21-19(14-5-8-17(24-3)9-6-14)16-7-10-18-15(13-16)11-12-25-18/h5-10,13,19H,4,11-12H2,1-3H3,(H,21,23)/t19-/m1/s1. The first-order valence-corrected chi connectivity index (χ1v) is 8.53. The molecule has 1 aliphatic rings. The van der Waals surface area contributed by atoms with E-state index in [0.717, 1.165) is 35.7 Å². The summed E-state index contributed by atoms with van der Waals surface area (Å²) in [6.45, 7) is 3.32. The van der Waals surface area contributed by atoms with Crippen LogP contribution in [-0.2, 0) is 6.42 Å². The average Bonchev–Trinajstić information content (AvgIpc) is 3.13. The van der Waals surface area contributed by atoms with Crippen molar-refractivity contribution in [3.63, 3.8) is 0 Å². The molecule has 25 heavy (non-hydrogen) atoms. The molecule has 2 amide bonds. The van der Waals surface area contributed by atoms with Crippen molar-refractivity contribution in [1.82, 2.24) is 10.2 Å². The first-order chi connectivity index (χ1) is 12.1. The molecule has 5 heteroatoms. The van der Waals surface area contributed by atoms with Crippen LogP contribution < -0.4 is 14.8 Å². The minimum absolute atomic E-state index is 0.0972. The van der Waals surface area contributed by atoms with E-state index in [0.29, 0.717) is 6.54 Å². The molecular weight excluding hydrogens is 316 g/mol. The molecule has 1 atom stereocenters. The number of fused-ring (bicyclic) bond motifs is 1. The molecule has 1 heterocycles. The van der Waals surface area contributed by atoms with E-state index in [1.165, 1.54) is 5.56 Å². The molecule has 0 radical (unpaired) electrons. The number of carbonyl (C=O) groups is 1. The fourth-order valence-corrected chi connectivity index (χ4v) is 2.92. The highest BCUT2D eigenvalue weighted by Gasteiger charge is 2.21. The summed E-state index contributed by atoms with van der Waals surface area (Å²) in [5, 5.41) is 3.13. The van der Waals surface area contributed by atoms with E-state index in [1.807, 2.05) is 43.3 Å². The maximum absolute atomic E-state index is 12.5. The second-order valence-corrected chi connectivity index (χ2v) is 6.14. The summed E-state index contributed by atoms with van der Waals surface area (Å²) in [6.07, 6.45) is 0.904. The number of benzene rings is 2. The van der Waals surface area contributed by atoms with Crippen molar-refractivity contribution >= 4 is 6.03 Å². The van der Waals surface area contributed by atoms with Gasteiger partial charge in [-0.2, -0.15) is 0 Å². The summed E-state index contributed by atoms with van der Waals surface area (Å²) >= 11 is 0. The van der Waals surface area contributed by atoms with E-state index in [4.69, 9.17) is 9.47 Å². The van der Waals surface area contributed by atoms with Gasteiger partial charge in [0.1, 0.15) is 11.5 Å². The predicted octanol–water partition coefficient (Wildman–Crippen LogP) is 3.38. The van der Waals surface area contributed by atoms with Gasteiger partial charge in [-0.25, -0.2) is 4.79 Å². The van der Waals surface area contributed by atoms with Gasteiger partial charge in [0.2, 0.25) is 0 Å². The number of nitrogens with zero attached hydrogens (tertiary/aromatic N) is 1. The molecule has 0 saturated carbocycles. The molecule has 1 aliphatic heterocycles. The average molecular weight is 340 g/mol. The summed E-state index contributed by atoms with van der Waals surface area (Å²) in [4.78, 5) is 14.1. The van der Waals surface area contributed by atoms with Crippen LogP contribution in [0, 0.1) is 0 Å². The van der Waals surface area contributed by atoms with Crippen LogP contribution in [0.2, 0.25) is 0 Å². The number of rotatable bonds is 5. The monoisotopic (exact) mass is 340 g/mol. The Balaban J connectivity index is 1.94. The van der Waals surface area contributed by atoms with Crippen LogP contribution in [0.1, 0.15) is 29.7 Å². The first-order valence-electron chi connectivity index (χ1n) is 8.53. The smallest absolute Gasteiger partial charge is 0.317 e. The van der Waals surface area contributed by atoms with Crippen molar-refractivity contribution in [2.24, 2.45) is 0 Å². The van der Waals surface area contributed by atoms with Gasteiger partial charge in [0, 0.05) is 20.0 Å². The van der Waals surface area contributed by atoms with Gasteiger partial charge < -0.3 is 19.7 Å². The molecular formula is C20H24N2O3. The lowest BCUT2D eigenvalue weighted by molar-refractivity contribution is 0.208. The minimum Gasteiger partial charge on any atom is -0.497 e. The molecule has 0 bridgehead atoms. The number of urea groups is 1. The highest BCUT2D eigenvalue weighted by Crippen LogP contribution is 2.31. The Labute approximate surface area is 148 Å². The zero-order valence-electron chi connectivity index (χ0n) is 14.9. The number of carbonyl (C=O) groups excluding carboxylic acids is 1. The number of hydrogen-bond donors (Lipinski definition) is 1. The molecule has 2 aromatic carbocycles. The Kier molecular flexibility index (Phi) is 5.12. The molecule has 132 valence electrons. The zero-order chi connectivity index (χ0) is 17.8. The first kappa shape index (κ1) is 17.1. The van der Waals surface area contributed by atoms with Gasteiger partial charge in [0.05, 0.1) is 19.8 Å². The Morgan fingerprint density at radius 3 is 2.64 bits per heavy atom. The van der Waals surface area contributed by atoms with E-state index in [9.17, 15) is 4.79 Å². The van der Waals surface area contributed by atoms with Crippen LogP contribution in [-0.4, -0.2) is 38.2 Å². The fourth-order valence-electron chi connectivity index (χ4n) is 2.92. The van der Waals surface area contributed by atoms with Gasteiger partial charge in [-0.1, -0.05) is 18.2 Å². The largest absolute Gasteiger partial charge is 0.497 e. The Bertz CT molecular complexity index is 743. The van der Waals surface area contributed by atoms with Crippen LogP contribution in [0.25, 0.3) is 0 Å². The molecule has 5 nitrogen and oxygen atoms in total. The molecule has 1 N–H and O–H groups in total.